The lowest BCUT2D eigenvalue weighted by Crippen LogP contribution is -2.20. The first-order valence-electron chi connectivity index (χ1n) is 5.37. The zero-order chi connectivity index (χ0) is 16.9. The van der Waals surface area contributed by atoms with E-state index in [0.717, 1.165) is 12.1 Å². The largest absolute Gasteiger partial charge is 0.315 e. The van der Waals surface area contributed by atoms with Crippen molar-refractivity contribution in [2.24, 2.45) is 0 Å². The summed E-state index contributed by atoms with van der Waals surface area (Å²) in [4.78, 5) is 20.2. The molecular weight excluding hydrogens is 324 g/mol. The SMILES string of the molecule is N#CC=CS(=O)(=O)c1ccc(NC(=O)C(F)F)c([N+](=O)[O-])c1. The molecule has 1 aromatic carbocycles. The van der Waals surface area contributed by atoms with Crippen molar-refractivity contribution in [3.63, 3.8) is 0 Å². The number of halogens is 2. The van der Waals surface area contributed by atoms with Crippen molar-refractivity contribution in [2.45, 2.75) is 11.3 Å². The maximum Gasteiger partial charge on any atom is 0.315 e. The van der Waals surface area contributed by atoms with E-state index in [1.807, 2.05) is 0 Å². The van der Waals surface area contributed by atoms with Gasteiger partial charge in [-0.05, 0) is 12.1 Å². The molecule has 0 saturated heterocycles. The van der Waals surface area contributed by atoms with Crippen LogP contribution in [-0.4, -0.2) is 25.7 Å². The van der Waals surface area contributed by atoms with Gasteiger partial charge >= 0.3 is 6.43 Å². The van der Waals surface area contributed by atoms with E-state index < -0.39 is 43.4 Å². The van der Waals surface area contributed by atoms with Crippen molar-refractivity contribution in [1.29, 1.82) is 5.26 Å². The molecule has 22 heavy (non-hydrogen) atoms. The number of hydrogen-bond acceptors (Lipinski definition) is 6. The summed E-state index contributed by atoms with van der Waals surface area (Å²) < 4.78 is 47.8. The van der Waals surface area contributed by atoms with Crippen LogP contribution in [0, 0.1) is 21.4 Å². The molecule has 116 valence electrons. The highest BCUT2D eigenvalue weighted by Gasteiger charge is 2.23. The number of amides is 1. The van der Waals surface area contributed by atoms with Gasteiger partial charge in [0.1, 0.15) is 5.69 Å². The molecule has 0 aromatic heterocycles. The number of nitro groups is 1. The van der Waals surface area contributed by atoms with Crippen molar-refractivity contribution in [3.05, 3.63) is 39.8 Å². The van der Waals surface area contributed by atoms with E-state index in [1.54, 1.807) is 5.32 Å². The lowest BCUT2D eigenvalue weighted by Gasteiger charge is -2.06. The maximum absolute atomic E-state index is 12.1. The average molecular weight is 331 g/mol. The number of allylic oxidation sites excluding steroid dienone is 1. The smallest absolute Gasteiger partial charge is 0.315 e. The van der Waals surface area contributed by atoms with Crippen molar-refractivity contribution in [1.82, 2.24) is 0 Å². The molecule has 0 heterocycles. The number of carbonyl (C=O) groups is 1. The van der Waals surface area contributed by atoms with E-state index >= 15 is 0 Å². The molecule has 0 spiro atoms. The normalized spacial score (nSPS) is 11.4. The van der Waals surface area contributed by atoms with E-state index in [9.17, 15) is 32.1 Å². The Labute approximate surface area is 122 Å². The second-order valence-electron chi connectivity index (χ2n) is 3.70. The van der Waals surface area contributed by atoms with Crippen molar-refractivity contribution in [2.75, 3.05) is 5.32 Å². The van der Waals surface area contributed by atoms with Crippen molar-refractivity contribution < 1.29 is 26.9 Å². The molecule has 1 N–H and O–H groups in total. The molecule has 0 bridgehead atoms. The van der Waals surface area contributed by atoms with Crippen LogP contribution in [0.5, 0.6) is 0 Å². The van der Waals surface area contributed by atoms with Gasteiger partial charge in [-0.15, -0.1) is 0 Å². The standard InChI is InChI=1S/C11H7F2N3O5S/c12-10(13)11(17)15-8-3-2-7(6-9(8)16(18)19)22(20,21)5-1-4-14/h1-3,5-6,10H,(H,15,17). The summed E-state index contributed by atoms with van der Waals surface area (Å²) in [5.41, 5.74) is -1.45. The summed E-state index contributed by atoms with van der Waals surface area (Å²) in [5, 5.41) is 21.3. The summed E-state index contributed by atoms with van der Waals surface area (Å²) >= 11 is 0. The maximum atomic E-state index is 12.1. The summed E-state index contributed by atoms with van der Waals surface area (Å²) in [6.07, 6.45) is -2.73. The molecule has 0 aliphatic heterocycles. The number of nitriles is 1. The van der Waals surface area contributed by atoms with Crippen LogP contribution in [0.2, 0.25) is 0 Å². The van der Waals surface area contributed by atoms with Crippen LogP contribution in [0.3, 0.4) is 0 Å². The van der Waals surface area contributed by atoms with Crippen molar-refractivity contribution in [3.8, 4) is 6.07 Å². The zero-order valence-corrected chi connectivity index (χ0v) is 11.4. The second kappa shape index (κ2) is 6.72. The molecule has 0 saturated carbocycles. The molecule has 8 nitrogen and oxygen atoms in total. The van der Waals surface area contributed by atoms with Crippen LogP contribution >= 0.6 is 0 Å². The Morgan fingerprint density at radius 1 is 1.45 bits per heavy atom. The van der Waals surface area contributed by atoms with E-state index in [2.05, 4.69) is 0 Å². The quantitative estimate of drug-likeness (QED) is 0.495. The first-order chi connectivity index (χ1) is 10.2. The number of nitrogens with one attached hydrogen (secondary N) is 1. The molecule has 1 rings (SSSR count). The van der Waals surface area contributed by atoms with Gasteiger partial charge < -0.3 is 5.32 Å². The highest BCUT2D eigenvalue weighted by Crippen LogP contribution is 2.28. The Kier molecular flexibility index (Phi) is 5.25. The van der Waals surface area contributed by atoms with Crippen LogP contribution < -0.4 is 5.32 Å². The van der Waals surface area contributed by atoms with Crippen LogP contribution in [0.1, 0.15) is 0 Å². The minimum atomic E-state index is -4.11. The molecule has 0 unspecified atom stereocenters. The van der Waals surface area contributed by atoms with Gasteiger partial charge in [-0.2, -0.15) is 14.0 Å². The Balaban J connectivity index is 3.33. The van der Waals surface area contributed by atoms with E-state index in [1.165, 1.54) is 6.07 Å². The van der Waals surface area contributed by atoms with Gasteiger partial charge in [-0.3, -0.25) is 14.9 Å². The molecule has 1 amide bonds. The molecule has 0 atom stereocenters. The predicted molar refractivity (Wildman–Crippen MR) is 69.7 cm³/mol. The number of benzene rings is 1. The lowest BCUT2D eigenvalue weighted by molar-refractivity contribution is -0.384. The number of hydrogen-bond donors (Lipinski definition) is 1. The third kappa shape index (κ3) is 4.06. The van der Waals surface area contributed by atoms with Gasteiger partial charge in [0.15, 0.2) is 0 Å². The number of alkyl halides is 2. The Morgan fingerprint density at radius 2 is 2.09 bits per heavy atom. The van der Waals surface area contributed by atoms with Gasteiger partial charge in [0.05, 0.1) is 15.9 Å². The summed E-state index contributed by atoms with van der Waals surface area (Å²) in [6, 6.07) is 3.73. The fourth-order valence-electron chi connectivity index (χ4n) is 1.33. The van der Waals surface area contributed by atoms with Gasteiger partial charge in [-0.25, -0.2) is 8.42 Å². The fourth-order valence-corrected chi connectivity index (χ4v) is 2.26. The molecule has 0 aliphatic carbocycles. The minimum absolute atomic E-state index is 0.527. The second-order valence-corrected chi connectivity index (χ2v) is 5.54. The van der Waals surface area contributed by atoms with Gasteiger partial charge in [0.25, 0.3) is 11.6 Å². The van der Waals surface area contributed by atoms with Crippen LogP contribution in [0.4, 0.5) is 20.2 Å². The molecule has 1 aromatic rings. The molecular formula is C11H7F2N3O5S. The van der Waals surface area contributed by atoms with Crippen LogP contribution in [0.25, 0.3) is 0 Å². The number of rotatable bonds is 5. The zero-order valence-electron chi connectivity index (χ0n) is 10.6. The molecule has 11 heteroatoms. The summed E-state index contributed by atoms with van der Waals surface area (Å²) in [7, 11) is -4.11. The third-order valence-electron chi connectivity index (χ3n) is 2.27. The van der Waals surface area contributed by atoms with Gasteiger partial charge in [-0.1, -0.05) is 0 Å². The monoisotopic (exact) mass is 331 g/mol. The van der Waals surface area contributed by atoms with Crippen LogP contribution in [0.15, 0.2) is 34.6 Å². The van der Waals surface area contributed by atoms with Gasteiger partial charge in [0.2, 0.25) is 9.84 Å². The highest BCUT2D eigenvalue weighted by atomic mass is 32.2. The predicted octanol–water partition coefficient (Wildman–Crippen LogP) is 1.61. The number of nitrogens with zero attached hydrogens (tertiary/aromatic N) is 2. The van der Waals surface area contributed by atoms with E-state index in [-0.39, 0.29) is 0 Å². The average Bonchev–Trinajstić information content (AvgIpc) is 2.44. The number of sulfone groups is 1. The lowest BCUT2D eigenvalue weighted by atomic mass is 10.2. The van der Waals surface area contributed by atoms with Gasteiger partial charge in [0, 0.05) is 17.6 Å². The summed E-state index contributed by atoms with van der Waals surface area (Å²) in [5.74, 6) is -1.76. The third-order valence-corrected chi connectivity index (χ3v) is 3.68. The van der Waals surface area contributed by atoms with Crippen LogP contribution in [-0.2, 0) is 14.6 Å². The summed E-state index contributed by atoms with van der Waals surface area (Å²) in [6.45, 7) is 0. The highest BCUT2D eigenvalue weighted by molar-refractivity contribution is 7.94. The fraction of sp³-hybridized carbons (Fsp3) is 0.0909. The molecule has 0 aliphatic rings. The minimum Gasteiger partial charge on any atom is -0.315 e. The van der Waals surface area contributed by atoms with Crippen molar-refractivity contribution >= 4 is 27.1 Å². The first kappa shape index (κ1) is 17.2. The van der Waals surface area contributed by atoms with E-state index in [0.29, 0.717) is 17.6 Å². The Bertz CT molecular complexity index is 783. The number of anilines is 1. The Hall–Kier alpha value is -2.87. The Morgan fingerprint density at radius 3 is 2.59 bits per heavy atom. The first-order valence-corrected chi connectivity index (χ1v) is 6.92. The van der Waals surface area contributed by atoms with E-state index in [4.69, 9.17) is 5.26 Å². The topological polar surface area (TPSA) is 130 Å². The molecule has 0 radical (unpaired) electrons. The number of nitro benzene ring substituents is 1. The number of carbonyl (C=O) groups excluding carboxylic acids is 1. The molecule has 0 fully saturated rings.